The van der Waals surface area contributed by atoms with Gasteiger partial charge < -0.3 is 4.55 Å². The van der Waals surface area contributed by atoms with Crippen molar-refractivity contribution in [1.82, 2.24) is 0 Å². The Morgan fingerprint density at radius 3 is 1.33 bits per heavy atom. The maximum absolute atomic E-state index is 11.9. The van der Waals surface area contributed by atoms with E-state index in [-0.39, 0.29) is 34.5 Å². The van der Waals surface area contributed by atoms with Crippen molar-refractivity contribution in [2.24, 2.45) is 0 Å². The molecule has 0 aliphatic heterocycles. The van der Waals surface area contributed by atoms with Gasteiger partial charge in [0.15, 0.2) is 0 Å². The van der Waals surface area contributed by atoms with Crippen molar-refractivity contribution in [3.05, 3.63) is 42.0 Å². The predicted molar refractivity (Wildman–Crippen MR) is 163 cm³/mol. The summed E-state index contributed by atoms with van der Waals surface area (Å²) >= 11 is 0. The molecule has 0 saturated heterocycles. The standard InChI is InChI=1S/C34H56O3S.Na/c1-2-3-4-5-6-7-8-9-10-11-12-13-14-15-16-17-18-19-20-21-22-23-27-32-30-29-31-26-24-25-28-33(31)34(32)38(35,36)37;/h24-26,28-30H,2-23,27H2,1H3,(H,35,36,37);/q;+1/p-1. The summed E-state index contributed by atoms with van der Waals surface area (Å²) in [5.74, 6) is 0. The van der Waals surface area contributed by atoms with E-state index in [1.165, 1.54) is 128 Å². The number of benzene rings is 2. The molecule has 3 nitrogen and oxygen atoms in total. The SMILES string of the molecule is CCCCCCCCCCCCCCCCCCCCCCCCc1ccc2ccccc2c1S(=O)(=O)[O-].[Na+]. The third-order valence-corrected chi connectivity index (χ3v) is 8.99. The maximum Gasteiger partial charge on any atom is 1.00 e. The first-order chi connectivity index (χ1) is 18.5. The Balaban J connectivity index is 0.00000760. The molecule has 0 unspecified atom stereocenters. The number of aryl methyl sites for hydroxylation is 1. The molecular weight excluding hydrogens is 511 g/mol. The molecule has 0 aliphatic rings. The van der Waals surface area contributed by atoms with Crippen LogP contribution in [0.1, 0.15) is 154 Å². The van der Waals surface area contributed by atoms with Crippen molar-refractivity contribution in [2.45, 2.75) is 159 Å². The van der Waals surface area contributed by atoms with Gasteiger partial charge >= 0.3 is 29.6 Å². The Labute approximate surface area is 263 Å². The van der Waals surface area contributed by atoms with E-state index >= 15 is 0 Å². The van der Waals surface area contributed by atoms with Crippen LogP contribution in [0.25, 0.3) is 10.8 Å². The molecule has 0 bridgehead atoms. The third kappa shape index (κ3) is 16.6. The van der Waals surface area contributed by atoms with Gasteiger partial charge in [0.2, 0.25) is 0 Å². The minimum absolute atomic E-state index is 0. The van der Waals surface area contributed by atoms with E-state index in [0.717, 1.165) is 18.2 Å². The van der Waals surface area contributed by atoms with E-state index in [0.29, 0.717) is 17.4 Å². The van der Waals surface area contributed by atoms with Gasteiger partial charge in [-0.05, 0) is 29.2 Å². The van der Waals surface area contributed by atoms with Crippen molar-refractivity contribution >= 4 is 20.9 Å². The summed E-state index contributed by atoms with van der Waals surface area (Å²) < 4.78 is 35.8. The molecule has 0 atom stereocenters. The fourth-order valence-electron chi connectivity index (χ4n) is 5.70. The average Bonchev–Trinajstić information content (AvgIpc) is 2.90. The van der Waals surface area contributed by atoms with Gasteiger partial charge in [-0.15, -0.1) is 0 Å². The van der Waals surface area contributed by atoms with Crippen LogP contribution in [0, 0.1) is 0 Å². The van der Waals surface area contributed by atoms with Gasteiger partial charge in [0.25, 0.3) is 0 Å². The van der Waals surface area contributed by atoms with Crippen LogP contribution in [0.4, 0.5) is 0 Å². The second-order valence-corrected chi connectivity index (χ2v) is 12.7. The summed E-state index contributed by atoms with van der Waals surface area (Å²) in [7, 11) is -4.49. The van der Waals surface area contributed by atoms with Gasteiger partial charge in [0, 0.05) is 0 Å². The summed E-state index contributed by atoms with van der Waals surface area (Å²) in [4.78, 5) is -0.0147. The van der Waals surface area contributed by atoms with Crippen molar-refractivity contribution in [1.29, 1.82) is 0 Å². The molecule has 2 rings (SSSR count). The van der Waals surface area contributed by atoms with Gasteiger partial charge in [-0.2, -0.15) is 0 Å². The second kappa shape index (κ2) is 23.2. The number of unbranched alkanes of at least 4 members (excludes halogenated alkanes) is 21. The predicted octanol–water partition coefficient (Wildman–Crippen LogP) is 7.89. The first-order valence-corrected chi connectivity index (χ1v) is 17.4. The Morgan fingerprint density at radius 1 is 0.538 bits per heavy atom. The Morgan fingerprint density at radius 2 is 0.923 bits per heavy atom. The van der Waals surface area contributed by atoms with Gasteiger partial charge in [-0.1, -0.05) is 178 Å². The van der Waals surface area contributed by atoms with Gasteiger partial charge in [-0.25, -0.2) is 8.42 Å². The quantitative estimate of drug-likeness (QED) is 0.0737. The Kier molecular flexibility index (Phi) is 21.8. The number of rotatable bonds is 24. The first kappa shape index (κ1) is 36.6. The molecule has 0 spiro atoms. The number of fused-ring (bicyclic) bond motifs is 1. The van der Waals surface area contributed by atoms with Crippen molar-refractivity contribution < 1.29 is 42.5 Å². The summed E-state index contributed by atoms with van der Waals surface area (Å²) in [5.41, 5.74) is 0.673. The van der Waals surface area contributed by atoms with Crippen LogP contribution in [0.2, 0.25) is 0 Å². The summed E-state index contributed by atoms with van der Waals surface area (Å²) in [5, 5.41) is 1.36. The molecule has 0 saturated carbocycles. The largest absolute Gasteiger partial charge is 1.00 e. The molecular formula is C34H55NaO3S. The van der Waals surface area contributed by atoms with E-state index in [9.17, 15) is 13.0 Å². The maximum atomic E-state index is 11.9. The van der Waals surface area contributed by atoms with E-state index in [2.05, 4.69) is 6.92 Å². The third-order valence-electron chi connectivity index (χ3n) is 8.01. The molecule has 5 heteroatoms. The van der Waals surface area contributed by atoms with Gasteiger partial charge in [0.05, 0.1) is 4.90 Å². The summed E-state index contributed by atoms with van der Waals surface area (Å²) in [6.07, 6.45) is 30.5. The zero-order chi connectivity index (χ0) is 27.3. The second-order valence-electron chi connectivity index (χ2n) is 11.4. The van der Waals surface area contributed by atoms with Crippen LogP contribution in [0.5, 0.6) is 0 Å². The number of hydrogen-bond donors (Lipinski definition) is 0. The van der Waals surface area contributed by atoms with Crippen LogP contribution in [-0.2, 0) is 16.5 Å². The van der Waals surface area contributed by atoms with Gasteiger partial charge in [-0.3, -0.25) is 0 Å². The monoisotopic (exact) mass is 566 g/mol. The van der Waals surface area contributed by atoms with E-state index in [1.54, 1.807) is 12.1 Å². The minimum atomic E-state index is -4.49. The molecule has 0 heterocycles. The number of hydrogen-bond acceptors (Lipinski definition) is 3. The molecule has 216 valence electrons. The molecule has 0 fully saturated rings. The Bertz CT molecular complexity index is 974. The smallest absolute Gasteiger partial charge is 0.744 e. The molecule has 0 amide bonds. The first-order valence-electron chi connectivity index (χ1n) is 16.0. The molecule has 0 aliphatic carbocycles. The van der Waals surface area contributed by atoms with Crippen LogP contribution >= 0.6 is 0 Å². The summed E-state index contributed by atoms with van der Waals surface area (Å²) in [6.45, 7) is 2.29. The average molecular weight is 567 g/mol. The van der Waals surface area contributed by atoms with Gasteiger partial charge in [0.1, 0.15) is 10.1 Å². The van der Waals surface area contributed by atoms with Crippen LogP contribution < -0.4 is 29.6 Å². The van der Waals surface area contributed by atoms with Crippen molar-refractivity contribution in [3.8, 4) is 0 Å². The Hall–Kier alpha value is -0.390. The fourth-order valence-corrected chi connectivity index (χ4v) is 6.65. The fraction of sp³-hybridized carbons (Fsp3) is 0.706. The molecule has 0 aromatic heterocycles. The zero-order valence-electron chi connectivity index (χ0n) is 25.4. The normalized spacial score (nSPS) is 11.6. The van der Waals surface area contributed by atoms with E-state index < -0.39 is 10.1 Å². The topological polar surface area (TPSA) is 57.2 Å². The minimum Gasteiger partial charge on any atom is -0.744 e. The molecule has 39 heavy (non-hydrogen) atoms. The summed E-state index contributed by atoms with van der Waals surface area (Å²) in [6, 6.07) is 11.0. The molecule has 0 radical (unpaired) electrons. The van der Waals surface area contributed by atoms with Crippen molar-refractivity contribution in [3.63, 3.8) is 0 Å². The van der Waals surface area contributed by atoms with Crippen LogP contribution in [-0.4, -0.2) is 13.0 Å². The van der Waals surface area contributed by atoms with Crippen LogP contribution in [0.15, 0.2) is 41.3 Å². The van der Waals surface area contributed by atoms with E-state index in [1.807, 2.05) is 24.3 Å². The molecule has 2 aromatic carbocycles. The van der Waals surface area contributed by atoms with Crippen molar-refractivity contribution in [2.75, 3.05) is 0 Å². The van der Waals surface area contributed by atoms with E-state index in [4.69, 9.17) is 0 Å². The molecule has 0 N–H and O–H groups in total. The molecule has 2 aromatic rings. The van der Waals surface area contributed by atoms with Crippen LogP contribution in [0.3, 0.4) is 0 Å². The zero-order valence-corrected chi connectivity index (χ0v) is 28.2.